The van der Waals surface area contributed by atoms with Crippen molar-refractivity contribution in [2.24, 2.45) is 5.92 Å². The maximum Gasteiger partial charge on any atom is 0.229 e. The maximum atomic E-state index is 11.0. The predicted molar refractivity (Wildman–Crippen MR) is 51.3 cm³/mol. The fourth-order valence-corrected chi connectivity index (χ4v) is 0.781. The zero-order chi connectivity index (χ0) is 9.56. The number of carbonyl (C=O) groups excluding carboxylic acids is 2. The monoisotopic (exact) mass is 189 g/mol. The summed E-state index contributed by atoms with van der Waals surface area (Å²) in [4.78, 5) is 21.7. The summed E-state index contributed by atoms with van der Waals surface area (Å²) in [6, 6.07) is 0. The molecule has 0 saturated heterocycles. The number of nitrogens with one attached hydrogen (secondary N) is 1. The third-order valence-corrected chi connectivity index (χ3v) is 1.77. The number of amides is 1. The fraction of sp³-hybridized carbons (Fsp3) is 0.750. The summed E-state index contributed by atoms with van der Waals surface area (Å²) in [7, 11) is 0. The van der Waals surface area contributed by atoms with E-state index in [1.165, 1.54) is 0 Å². The van der Waals surface area contributed by atoms with Gasteiger partial charge in [0.05, 0.1) is 5.75 Å². The van der Waals surface area contributed by atoms with Crippen LogP contribution in [0.3, 0.4) is 0 Å². The van der Waals surface area contributed by atoms with Gasteiger partial charge in [0.1, 0.15) is 5.78 Å². The maximum absolute atomic E-state index is 11.0. The lowest BCUT2D eigenvalue weighted by molar-refractivity contribution is -0.122. The summed E-state index contributed by atoms with van der Waals surface area (Å²) in [5.74, 6) is 0.276. The molecule has 0 unspecified atom stereocenters. The lowest BCUT2D eigenvalue weighted by atomic mass is 10.1. The van der Waals surface area contributed by atoms with Crippen LogP contribution in [0, 0.1) is 5.92 Å². The van der Waals surface area contributed by atoms with E-state index in [9.17, 15) is 9.59 Å². The van der Waals surface area contributed by atoms with Crippen LogP contribution >= 0.6 is 12.6 Å². The summed E-state index contributed by atoms with van der Waals surface area (Å²) in [6.07, 6.45) is 0.414. The fourth-order valence-electron chi connectivity index (χ4n) is 0.670. The van der Waals surface area contributed by atoms with Crippen molar-refractivity contribution in [1.29, 1.82) is 0 Å². The van der Waals surface area contributed by atoms with Crippen LogP contribution in [0.25, 0.3) is 0 Å². The molecule has 0 aliphatic carbocycles. The molecule has 0 aromatic heterocycles. The second-order valence-electron chi connectivity index (χ2n) is 2.88. The van der Waals surface area contributed by atoms with Gasteiger partial charge in [0.15, 0.2) is 0 Å². The van der Waals surface area contributed by atoms with Crippen molar-refractivity contribution in [3.05, 3.63) is 0 Å². The average molecular weight is 189 g/mol. The van der Waals surface area contributed by atoms with E-state index in [0.29, 0.717) is 13.0 Å². The first kappa shape index (κ1) is 11.5. The highest BCUT2D eigenvalue weighted by Crippen LogP contribution is 1.96. The van der Waals surface area contributed by atoms with Gasteiger partial charge in [0.2, 0.25) is 5.91 Å². The van der Waals surface area contributed by atoms with Crippen LogP contribution in [-0.4, -0.2) is 24.0 Å². The Hall–Kier alpha value is -0.510. The summed E-state index contributed by atoms with van der Waals surface area (Å²) in [5, 5.41) is 2.58. The molecule has 0 saturated carbocycles. The standard InChI is InChI=1S/C8H15NO2S/c1-6(2)7(10)3-4-9-8(11)5-12/h6,12H,3-5H2,1-2H3,(H,9,11). The van der Waals surface area contributed by atoms with Crippen LogP contribution < -0.4 is 5.32 Å². The lowest BCUT2D eigenvalue weighted by Gasteiger charge is -2.04. The summed E-state index contributed by atoms with van der Waals surface area (Å²) < 4.78 is 0. The molecule has 0 heterocycles. The van der Waals surface area contributed by atoms with Crippen molar-refractivity contribution in [2.45, 2.75) is 20.3 Å². The quantitative estimate of drug-likeness (QED) is 0.624. The first-order valence-electron chi connectivity index (χ1n) is 3.98. The average Bonchev–Trinajstić information content (AvgIpc) is 2.03. The van der Waals surface area contributed by atoms with Gasteiger partial charge in [-0.2, -0.15) is 12.6 Å². The van der Waals surface area contributed by atoms with Gasteiger partial charge in [-0.15, -0.1) is 0 Å². The Morgan fingerprint density at radius 2 is 2.00 bits per heavy atom. The smallest absolute Gasteiger partial charge is 0.229 e. The van der Waals surface area contributed by atoms with Crippen LogP contribution in [0.2, 0.25) is 0 Å². The predicted octanol–water partition coefficient (Wildman–Crippen LogP) is 0.648. The molecule has 12 heavy (non-hydrogen) atoms. The largest absolute Gasteiger partial charge is 0.355 e. The van der Waals surface area contributed by atoms with E-state index in [2.05, 4.69) is 17.9 Å². The number of carbonyl (C=O) groups is 2. The highest BCUT2D eigenvalue weighted by molar-refractivity contribution is 7.81. The van der Waals surface area contributed by atoms with Gasteiger partial charge in [-0.25, -0.2) is 0 Å². The van der Waals surface area contributed by atoms with Crippen LogP contribution in [0.5, 0.6) is 0 Å². The molecule has 1 amide bonds. The lowest BCUT2D eigenvalue weighted by Crippen LogP contribution is -2.27. The second-order valence-corrected chi connectivity index (χ2v) is 3.20. The Balaban J connectivity index is 3.44. The van der Waals surface area contributed by atoms with E-state index in [-0.39, 0.29) is 23.4 Å². The molecule has 0 aromatic rings. The van der Waals surface area contributed by atoms with Gasteiger partial charge >= 0.3 is 0 Å². The normalized spacial score (nSPS) is 10.0. The van der Waals surface area contributed by atoms with Crippen molar-refractivity contribution in [2.75, 3.05) is 12.3 Å². The summed E-state index contributed by atoms with van der Waals surface area (Å²) in [6.45, 7) is 4.13. The number of thiol groups is 1. The third kappa shape index (κ3) is 5.18. The molecule has 0 radical (unpaired) electrons. The molecular weight excluding hydrogens is 174 g/mol. The Morgan fingerprint density at radius 1 is 1.42 bits per heavy atom. The van der Waals surface area contributed by atoms with Crippen molar-refractivity contribution < 1.29 is 9.59 Å². The minimum absolute atomic E-state index is 0.0536. The van der Waals surface area contributed by atoms with Crippen molar-refractivity contribution in [3.63, 3.8) is 0 Å². The first-order chi connectivity index (χ1) is 5.57. The Labute approximate surface area is 78.3 Å². The van der Waals surface area contributed by atoms with E-state index in [1.807, 2.05) is 13.8 Å². The molecule has 0 aromatic carbocycles. The van der Waals surface area contributed by atoms with Gasteiger partial charge in [-0.05, 0) is 0 Å². The summed E-state index contributed by atoms with van der Waals surface area (Å²) in [5.41, 5.74) is 0. The molecule has 0 spiro atoms. The minimum Gasteiger partial charge on any atom is -0.355 e. The number of rotatable bonds is 5. The van der Waals surface area contributed by atoms with Crippen LogP contribution in [-0.2, 0) is 9.59 Å². The summed E-state index contributed by atoms with van der Waals surface area (Å²) >= 11 is 3.78. The Bertz CT molecular complexity index is 168. The molecule has 0 aliphatic heterocycles. The molecule has 0 fully saturated rings. The molecular formula is C8H15NO2S. The van der Waals surface area contributed by atoms with E-state index in [1.54, 1.807) is 0 Å². The Morgan fingerprint density at radius 3 is 2.42 bits per heavy atom. The van der Waals surface area contributed by atoms with E-state index < -0.39 is 0 Å². The van der Waals surface area contributed by atoms with Gasteiger partial charge in [-0.1, -0.05) is 13.8 Å². The molecule has 0 bridgehead atoms. The molecule has 0 rings (SSSR count). The second kappa shape index (κ2) is 6.06. The zero-order valence-electron chi connectivity index (χ0n) is 7.46. The van der Waals surface area contributed by atoms with Gasteiger partial charge < -0.3 is 5.32 Å². The van der Waals surface area contributed by atoms with Gasteiger partial charge in [0, 0.05) is 18.9 Å². The molecule has 70 valence electrons. The minimum atomic E-state index is -0.130. The zero-order valence-corrected chi connectivity index (χ0v) is 8.36. The van der Waals surface area contributed by atoms with E-state index in [4.69, 9.17) is 0 Å². The van der Waals surface area contributed by atoms with Crippen LogP contribution in [0.15, 0.2) is 0 Å². The highest BCUT2D eigenvalue weighted by Gasteiger charge is 2.06. The first-order valence-corrected chi connectivity index (χ1v) is 4.61. The van der Waals surface area contributed by atoms with Crippen molar-refractivity contribution >= 4 is 24.3 Å². The number of hydrogen-bond acceptors (Lipinski definition) is 3. The van der Waals surface area contributed by atoms with E-state index >= 15 is 0 Å². The van der Waals surface area contributed by atoms with Gasteiger partial charge in [-0.3, -0.25) is 9.59 Å². The number of Topliss-reactive ketones (excluding diaryl/α,β-unsaturated/α-hetero) is 1. The molecule has 0 aliphatic rings. The molecule has 3 nitrogen and oxygen atoms in total. The number of ketones is 1. The SMILES string of the molecule is CC(C)C(=O)CCNC(=O)CS. The van der Waals surface area contributed by atoms with Crippen molar-refractivity contribution in [3.8, 4) is 0 Å². The number of hydrogen-bond donors (Lipinski definition) is 2. The van der Waals surface area contributed by atoms with E-state index in [0.717, 1.165) is 0 Å². The molecule has 1 N–H and O–H groups in total. The molecule has 4 heteroatoms. The highest BCUT2D eigenvalue weighted by atomic mass is 32.1. The third-order valence-electron chi connectivity index (χ3n) is 1.48. The Kier molecular flexibility index (Phi) is 5.80. The molecule has 0 atom stereocenters. The van der Waals surface area contributed by atoms with Gasteiger partial charge in [0.25, 0.3) is 0 Å². The van der Waals surface area contributed by atoms with Crippen molar-refractivity contribution in [1.82, 2.24) is 5.32 Å². The topological polar surface area (TPSA) is 46.2 Å². The van der Waals surface area contributed by atoms with Crippen LogP contribution in [0.4, 0.5) is 0 Å². The van der Waals surface area contributed by atoms with Crippen LogP contribution in [0.1, 0.15) is 20.3 Å².